The third-order valence-electron chi connectivity index (χ3n) is 2.31. The molecule has 0 heterocycles. The number of carbonyl (C=O) groups excluding carboxylic acids is 1. The molecule has 5 nitrogen and oxygen atoms in total. The molecule has 0 aliphatic rings. The quantitative estimate of drug-likeness (QED) is 0.514. The van der Waals surface area contributed by atoms with Gasteiger partial charge in [-0.2, -0.15) is 0 Å². The lowest BCUT2D eigenvalue weighted by Crippen LogP contribution is -2.26. The number of allylic oxidation sites excluding steroid dienone is 1. The molecule has 106 valence electrons. The predicted octanol–water partition coefficient (Wildman–Crippen LogP) is 1.06. The highest BCUT2D eigenvalue weighted by Crippen LogP contribution is 1.88. The summed E-state index contributed by atoms with van der Waals surface area (Å²) in [6, 6.07) is 0. The van der Waals surface area contributed by atoms with Crippen LogP contribution in [0.2, 0.25) is 0 Å². The molecule has 0 rings (SSSR count). The van der Waals surface area contributed by atoms with Crippen molar-refractivity contribution in [1.82, 2.24) is 10.6 Å². The molecule has 0 atom stereocenters. The van der Waals surface area contributed by atoms with Gasteiger partial charge in [0.2, 0.25) is 5.91 Å². The molecule has 1 amide bonds. The van der Waals surface area contributed by atoms with E-state index in [4.69, 9.17) is 9.47 Å². The lowest BCUT2D eigenvalue weighted by molar-refractivity contribution is -0.121. The van der Waals surface area contributed by atoms with Gasteiger partial charge in [0.05, 0.1) is 26.4 Å². The molecule has 0 spiro atoms. The molecular weight excluding hydrogens is 232 g/mol. The average molecular weight is 258 g/mol. The van der Waals surface area contributed by atoms with Gasteiger partial charge < -0.3 is 20.1 Å². The van der Waals surface area contributed by atoms with Gasteiger partial charge in [0, 0.05) is 25.2 Å². The zero-order valence-electron chi connectivity index (χ0n) is 11.6. The van der Waals surface area contributed by atoms with Gasteiger partial charge in [-0.1, -0.05) is 20.4 Å². The largest absolute Gasteiger partial charge is 0.387 e. The number of hydrogen-bond donors (Lipinski definition) is 2. The number of carbonyl (C=O) groups is 1. The van der Waals surface area contributed by atoms with Crippen molar-refractivity contribution in [2.24, 2.45) is 0 Å². The van der Waals surface area contributed by atoms with Crippen molar-refractivity contribution in [3.63, 3.8) is 0 Å². The number of nitrogens with one attached hydrogen (secondary N) is 2. The topological polar surface area (TPSA) is 59.6 Å². The second-order valence-electron chi connectivity index (χ2n) is 3.81. The van der Waals surface area contributed by atoms with Crippen LogP contribution < -0.4 is 10.6 Å². The highest BCUT2D eigenvalue weighted by molar-refractivity contribution is 5.75. The molecule has 0 aromatic carbocycles. The van der Waals surface area contributed by atoms with E-state index >= 15 is 0 Å². The molecule has 0 radical (unpaired) electrons. The molecule has 0 aliphatic carbocycles. The summed E-state index contributed by atoms with van der Waals surface area (Å²) in [4.78, 5) is 10.9. The van der Waals surface area contributed by atoms with E-state index in [1.54, 1.807) is 0 Å². The van der Waals surface area contributed by atoms with Gasteiger partial charge in [0.15, 0.2) is 0 Å². The van der Waals surface area contributed by atoms with Crippen LogP contribution in [0.15, 0.2) is 12.3 Å². The van der Waals surface area contributed by atoms with Crippen LogP contribution in [0.4, 0.5) is 0 Å². The first-order valence-electron chi connectivity index (χ1n) is 6.54. The minimum absolute atomic E-state index is 0.0528. The molecule has 0 aromatic heterocycles. The second kappa shape index (κ2) is 12.4. The molecule has 0 fully saturated rings. The van der Waals surface area contributed by atoms with E-state index < -0.39 is 0 Å². The van der Waals surface area contributed by atoms with Crippen LogP contribution >= 0.6 is 0 Å². The normalized spacial score (nSPS) is 10.1. The minimum atomic E-state index is 0.0528. The Hall–Kier alpha value is -1.07. The van der Waals surface area contributed by atoms with E-state index in [-0.39, 0.29) is 5.91 Å². The van der Waals surface area contributed by atoms with Crippen molar-refractivity contribution >= 4 is 5.91 Å². The summed E-state index contributed by atoms with van der Waals surface area (Å²) in [5, 5.41) is 5.89. The molecule has 0 bridgehead atoms. The molecule has 2 N–H and O–H groups in total. The number of amides is 1. The van der Waals surface area contributed by atoms with Gasteiger partial charge in [0.1, 0.15) is 0 Å². The van der Waals surface area contributed by atoms with Crippen LogP contribution in [0.3, 0.4) is 0 Å². The summed E-state index contributed by atoms with van der Waals surface area (Å²) in [7, 11) is 0. The third kappa shape index (κ3) is 11.4. The molecule has 0 aromatic rings. The Morgan fingerprint density at radius 3 is 2.00 bits per heavy atom. The zero-order valence-corrected chi connectivity index (χ0v) is 11.6. The summed E-state index contributed by atoms with van der Waals surface area (Å²) in [6.07, 6.45) is 1.45. The maximum absolute atomic E-state index is 10.9. The highest BCUT2D eigenvalue weighted by atomic mass is 16.5. The first kappa shape index (κ1) is 16.9. The van der Waals surface area contributed by atoms with E-state index in [0.29, 0.717) is 39.4 Å². The van der Waals surface area contributed by atoms with Crippen LogP contribution in [-0.2, 0) is 14.3 Å². The van der Waals surface area contributed by atoms with Crippen LogP contribution in [0.1, 0.15) is 26.7 Å². The number of hydrogen-bond acceptors (Lipinski definition) is 4. The van der Waals surface area contributed by atoms with Gasteiger partial charge in [-0.3, -0.25) is 4.79 Å². The third-order valence-corrected chi connectivity index (χ3v) is 2.31. The standard InChI is InChI=1S/C13H26N2O3/c1-4-12(3)14-6-8-17-10-11-18-9-7-15-13(16)5-2/h14H,3-11H2,1-2H3,(H,15,16). The first-order valence-corrected chi connectivity index (χ1v) is 6.54. The van der Waals surface area contributed by atoms with Gasteiger partial charge in [0.25, 0.3) is 0 Å². The maximum atomic E-state index is 10.9. The number of rotatable bonds is 12. The summed E-state index contributed by atoms with van der Waals surface area (Å²) >= 11 is 0. The van der Waals surface area contributed by atoms with E-state index in [2.05, 4.69) is 24.1 Å². The summed E-state index contributed by atoms with van der Waals surface area (Å²) in [5.41, 5.74) is 1.03. The van der Waals surface area contributed by atoms with Crippen LogP contribution in [-0.4, -0.2) is 45.4 Å². The van der Waals surface area contributed by atoms with E-state index in [9.17, 15) is 4.79 Å². The molecular formula is C13H26N2O3. The lowest BCUT2D eigenvalue weighted by Gasteiger charge is -2.08. The lowest BCUT2D eigenvalue weighted by atomic mass is 10.4. The van der Waals surface area contributed by atoms with Crippen molar-refractivity contribution < 1.29 is 14.3 Å². The van der Waals surface area contributed by atoms with Crippen LogP contribution in [0, 0.1) is 0 Å². The second-order valence-corrected chi connectivity index (χ2v) is 3.81. The van der Waals surface area contributed by atoms with Crippen molar-refractivity contribution in [2.75, 3.05) is 39.5 Å². The Bertz CT molecular complexity index is 208. The Kier molecular flexibility index (Phi) is 11.7. The zero-order chi connectivity index (χ0) is 13.6. The van der Waals surface area contributed by atoms with Crippen LogP contribution in [0.5, 0.6) is 0 Å². The smallest absolute Gasteiger partial charge is 0.219 e. The van der Waals surface area contributed by atoms with E-state index in [0.717, 1.165) is 18.7 Å². The molecule has 0 unspecified atom stereocenters. The van der Waals surface area contributed by atoms with Crippen molar-refractivity contribution in [3.05, 3.63) is 12.3 Å². The predicted molar refractivity (Wildman–Crippen MR) is 72.4 cm³/mol. The van der Waals surface area contributed by atoms with E-state index in [1.165, 1.54) is 0 Å². The summed E-state index contributed by atoms with van der Waals surface area (Å²) in [5.74, 6) is 0.0528. The van der Waals surface area contributed by atoms with Gasteiger partial charge in [-0.05, 0) is 6.42 Å². The fourth-order valence-electron chi connectivity index (χ4n) is 1.13. The van der Waals surface area contributed by atoms with Gasteiger partial charge >= 0.3 is 0 Å². The van der Waals surface area contributed by atoms with E-state index in [1.807, 2.05) is 6.92 Å². The van der Waals surface area contributed by atoms with Gasteiger partial charge in [-0.15, -0.1) is 0 Å². The molecule has 0 saturated heterocycles. The average Bonchev–Trinajstić information content (AvgIpc) is 2.40. The first-order chi connectivity index (χ1) is 8.70. The Morgan fingerprint density at radius 2 is 1.50 bits per heavy atom. The monoisotopic (exact) mass is 258 g/mol. The Balaban J connectivity index is 3.07. The van der Waals surface area contributed by atoms with Crippen LogP contribution in [0.25, 0.3) is 0 Å². The highest BCUT2D eigenvalue weighted by Gasteiger charge is 1.95. The minimum Gasteiger partial charge on any atom is -0.387 e. The SMILES string of the molecule is C=C(CC)NCCOCCOCCNC(=O)CC. The van der Waals surface area contributed by atoms with Crippen molar-refractivity contribution in [2.45, 2.75) is 26.7 Å². The summed E-state index contributed by atoms with van der Waals surface area (Å²) < 4.78 is 10.7. The molecule has 0 saturated carbocycles. The van der Waals surface area contributed by atoms with Gasteiger partial charge in [-0.25, -0.2) is 0 Å². The maximum Gasteiger partial charge on any atom is 0.219 e. The molecule has 0 aliphatic heterocycles. The molecule has 18 heavy (non-hydrogen) atoms. The fraction of sp³-hybridized carbons (Fsp3) is 0.769. The summed E-state index contributed by atoms with van der Waals surface area (Å²) in [6.45, 7) is 11.4. The fourth-order valence-corrected chi connectivity index (χ4v) is 1.13. The van der Waals surface area contributed by atoms with Crippen molar-refractivity contribution in [3.8, 4) is 0 Å². The Labute approximate surface area is 110 Å². The molecule has 5 heteroatoms. The Morgan fingerprint density at radius 1 is 0.944 bits per heavy atom. The van der Waals surface area contributed by atoms with Crippen molar-refractivity contribution in [1.29, 1.82) is 0 Å². The number of ether oxygens (including phenoxy) is 2.